The molecule has 7 heteroatoms. The molecule has 0 aromatic heterocycles. The first-order valence-corrected chi connectivity index (χ1v) is 5.92. The van der Waals surface area contributed by atoms with Crippen LogP contribution in [0.5, 0.6) is 0 Å². The highest BCUT2D eigenvalue weighted by Crippen LogP contribution is 2.18. The van der Waals surface area contributed by atoms with E-state index in [1.165, 1.54) is 11.5 Å². The Kier molecular flexibility index (Phi) is 5.67. The van der Waals surface area contributed by atoms with Crippen molar-refractivity contribution in [2.24, 2.45) is 5.92 Å². The van der Waals surface area contributed by atoms with Crippen LogP contribution in [0.25, 0.3) is 0 Å². The Labute approximate surface area is 114 Å². The maximum Gasteiger partial charge on any atom is 0.335 e. The van der Waals surface area contributed by atoms with Gasteiger partial charge in [-0.3, -0.25) is 14.8 Å². The number of carbonyl (C=O) groups is 3. The van der Waals surface area contributed by atoms with Crippen LogP contribution in [0.15, 0.2) is 24.3 Å². The van der Waals surface area contributed by atoms with E-state index >= 15 is 0 Å². The predicted molar refractivity (Wildman–Crippen MR) is 67.4 cm³/mol. The van der Waals surface area contributed by atoms with Gasteiger partial charge in [-0.15, -0.1) is 0 Å². The SMILES string of the molecule is O=C(CCC(Cc1ccccc1C(=O)O)C(=O)O)NO. The van der Waals surface area contributed by atoms with Crippen LogP contribution in [0.4, 0.5) is 0 Å². The summed E-state index contributed by atoms with van der Waals surface area (Å²) < 4.78 is 0. The van der Waals surface area contributed by atoms with E-state index < -0.39 is 23.8 Å². The van der Waals surface area contributed by atoms with Gasteiger partial charge in [0.05, 0.1) is 11.5 Å². The number of rotatable bonds is 7. The summed E-state index contributed by atoms with van der Waals surface area (Å²) in [6.45, 7) is 0. The summed E-state index contributed by atoms with van der Waals surface area (Å²) >= 11 is 0. The fraction of sp³-hybridized carbons (Fsp3) is 0.308. The second-order valence-corrected chi connectivity index (χ2v) is 4.28. The summed E-state index contributed by atoms with van der Waals surface area (Å²) in [7, 11) is 0. The molecule has 1 amide bonds. The normalized spacial score (nSPS) is 11.7. The van der Waals surface area contributed by atoms with Crippen LogP contribution in [0.3, 0.4) is 0 Å². The standard InChI is InChI=1S/C13H15NO6/c15-11(14-20)6-5-9(12(16)17)7-8-3-1-2-4-10(8)13(18)19/h1-4,9,20H,5-7H2,(H,14,15)(H,16,17)(H,18,19). The molecule has 0 bridgehead atoms. The molecule has 0 spiro atoms. The lowest BCUT2D eigenvalue weighted by molar-refractivity contribution is -0.142. The van der Waals surface area contributed by atoms with Crippen LogP contribution in [0.1, 0.15) is 28.8 Å². The van der Waals surface area contributed by atoms with Crippen LogP contribution >= 0.6 is 0 Å². The van der Waals surface area contributed by atoms with Crippen LogP contribution in [0, 0.1) is 5.92 Å². The molecule has 1 atom stereocenters. The Morgan fingerprint density at radius 3 is 2.35 bits per heavy atom. The van der Waals surface area contributed by atoms with E-state index in [9.17, 15) is 14.4 Å². The molecule has 1 unspecified atom stereocenters. The fourth-order valence-corrected chi connectivity index (χ4v) is 1.85. The molecule has 0 aliphatic carbocycles. The van der Waals surface area contributed by atoms with Gasteiger partial charge in [0.25, 0.3) is 0 Å². The monoisotopic (exact) mass is 281 g/mol. The first kappa shape index (κ1) is 15.6. The van der Waals surface area contributed by atoms with Gasteiger partial charge in [-0.25, -0.2) is 10.3 Å². The van der Waals surface area contributed by atoms with Crippen LogP contribution in [-0.4, -0.2) is 33.3 Å². The number of hydrogen-bond acceptors (Lipinski definition) is 4. The lowest BCUT2D eigenvalue weighted by Gasteiger charge is -2.13. The van der Waals surface area contributed by atoms with Gasteiger partial charge in [0.2, 0.25) is 5.91 Å². The summed E-state index contributed by atoms with van der Waals surface area (Å²) in [5.74, 6) is -3.82. The summed E-state index contributed by atoms with van der Waals surface area (Å²) in [6, 6.07) is 6.13. The van der Waals surface area contributed by atoms with Crippen molar-refractivity contribution >= 4 is 17.8 Å². The minimum Gasteiger partial charge on any atom is -0.481 e. The molecule has 20 heavy (non-hydrogen) atoms. The van der Waals surface area contributed by atoms with Gasteiger partial charge < -0.3 is 10.2 Å². The lowest BCUT2D eigenvalue weighted by atomic mass is 9.92. The molecule has 0 aliphatic rings. The van der Waals surface area contributed by atoms with Crippen LogP contribution in [-0.2, 0) is 16.0 Å². The van der Waals surface area contributed by atoms with Crippen molar-refractivity contribution in [1.29, 1.82) is 0 Å². The molecule has 7 nitrogen and oxygen atoms in total. The number of amides is 1. The predicted octanol–water partition coefficient (Wildman–Crippen LogP) is 0.914. The second-order valence-electron chi connectivity index (χ2n) is 4.28. The van der Waals surface area contributed by atoms with Gasteiger partial charge in [0, 0.05) is 6.42 Å². The van der Waals surface area contributed by atoms with Crippen molar-refractivity contribution in [3.05, 3.63) is 35.4 Å². The Morgan fingerprint density at radius 2 is 1.80 bits per heavy atom. The average Bonchev–Trinajstić information content (AvgIpc) is 2.42. The topological polar surface area (TPSA) is 124 Å². The Morgan fingerprint density at radius 1 is 1.15 bits per heavy atom. The largest absolute Gasteiger partial charge is 0.481 e. The van der Waals surface area contributed by atoms with Gasteiger partial charge in [-0.05, 0) is 24.5 Å². The van der Waals surface area contributed by atoms with Gasteiger partial charge in [-0.2, -0.15) is 0 Å². The highest BCUT2D eigenvalue weighted by atomic mass is 16.5. The molecule has 1 aromatic rings. The smallest absolute Gasteiger partial charge is 0.335 e. The Hall–Kier alpha value is -2.41. The number of carboxylic acid groups (broad SMARTS) is 2. The zero-order chi connectivity index (χ0) is 15.1. The van der Waals surface area contributed by atoms with Crippen molar-refractivity contribution in [3.8, 4) is 0 Å². The summed E-state index contributed by atoms with van der Waals surface area (Å²) in [6.07, 6.45) is -0.130. The van der Waals surface area contributed by atoms with Crippen molar-refractivity contribution < 1.29 is 29.8 Å². The van der Waals surface area contributed by atoms with E-state index in [0.29, 0.717) is 5.56 Å². The molecule has 0 aliphatic heterocycles. The number of carboxylic acids is 2. The molecule has 0 heterocycles. The molecule has 0 saturated heterocycles. The third-order valence-electron chi connectivity index (χ3n) is 2.91. The minimum atomic E-state index is -1.13. The highest BCUT2D eigenvalue weighted by molar-refractivity contribution is 5.89. The van der Waals surface area contributed by atoms with E-state index in [-0.39, 0.29) is 24.8 Å². The molecule has 0 saturated carbocycles. The number of nitrogens with one attached hydrogen (secondary N) is 1. The van der Waals surface area contributed by atoms with Crippen LogP contribution in [0.2, 0.25) is 0 Å². The van der Waals surface area contributed by atoms with Gasteiger partial charge in [-0.1, -0.05) is 18.2 Å². The molecule has 0 radical (unpaired) electrons. The van der Waals surface area contributed by atoms with Crippen LogP contribution < -0.4 is 5.48 Å². The summed E-state index contributed by atoms with van der Waals surface area (Å²) in [5.41, 5.74) is 1.87. The summed E-state index contributed by atoms with van der Waals surface area (Å²) in [5, 5.41) is 26.5. The minimum absolute atomic E-state index is 0.00960. The quantitative estimate of drug-likeness (QED) is 0.435. The van der Waals surface area contributed by atoms with E-state index in [1.54, 1.807) is 18.2 Å². The molecule has 1 rings (SSSR count). The number of aliphatic carboxylic acids is 1. The Bertz CT molecular complexity index is 513. The lowest BCUT2D eigenvalue weighted by Crippen LogP contribution is -2.23. The van der Waals surface area contributed by atoms with E-state index in [1.807, 2.05) is 0 Å². The first-order valence-electron chi connectivity index (χ1n) is 5.92. The van der Waals surface area contributed by atoms with E-state index in [2.05, 4.69) is 0 Å². The summed E-state index contributed by atoms with van der Waals surface area (Å²) in [4.78, 5) is 33.1. The zero-order valence-electron chi connectivity index (χ0n) is 10.6. The van der Waals surface area contributed by atoms with Gasteiger partial charge in [0.1, 0.15) is 0 Å². The molecular weight excluding hydrogens is 266 g/mol. The highest BCUT2D eigenvalue weighted by Gasteiger charge is 2.21. The van der Waals surface area contributed by atoms with Crippen molar-refractivity contribution in [1.82, 2.24) is 5.48 Å². The molecule has 0 fully saturated rings. The van der Waals surface area contributed by atoms with E-state index in [0.717, 1.165) is 0 Å². The zero-order valence-corrected chi connectivity index (χ0v) is 10.6. The number of carbonyl (C=O) groups excluding carboxylic acids is 1. The van der Waals surface area contributed by atoms with Gasteiger partial charge in [0.15, 0.2) is 0 Å². The Balaban J connectivity index is 2.83. The maximum atomic E-state index is 11.1. The maximum absolute atomic E-state index is 11.1. The van der Waals surface area contributed by atoms with Crippen molar-refractivity contribution in [2.75, 3.05) is 0 Å². The number of hydrogen-bond donors (Lipinski definition) is 4. The second kappa shape index (κ2) is 7.25. The van der Waals surface area contributed by atoms with Gasteiger partial charge >= 0.3 is 11.9 Å². The van der Waals surface area contributed by atoms with Crippen molar-refractivity contribution in [3.63, 3.8) is 0 Å². The van der Waals surface area contributed by atoms with E-state index in [4.69, 9.17) is 15.4 Å². The number of hydroxylamine groups is 1. The number of aromatic carboxylic acids is 1. The molecule has 108 valence electrons. The number of benzene rings is 1. The molecule has 4 N–H and O–H groups in total. The third-order valence-corrected chi connectivity index (χ3v) is 2.91. The third kappa shape index (κ3) is 4.36. The molecule has 1 aromatic carbocycles. The van der Waals surface area contributed by atoms with Crippen molar-refractivity contribution in [2.45, 2.75) is 19.3 Å². The average molecular weight is 281 g/mol. The molecular formula is C13H15NO6. The fourth-order valence-electron chi connectivity index (χ4n) is 1.85. The first-order chi connectivity index (χ1) is 9.45.